The highest BCUT2D eigenvalue weighted by molar-refractivity contribution is 7.91. The topological polar surface area (TPSA) is 110 Å². The zero-order valence-corrected chi connectivity index (χ0v) is 17.7. The number of unbranched alkanes of at least 4 members (excludes halogenated alkanes) is 1. The molecule has 160 valence electrons. The normalized spacial score (nSPS) is 19.3. The van der Waals surface area contributed by atoms with Crippen molar-refractivity contribution in [1.82, 2.24) is 0 Å². The van der Waals surface area contributed by atoms with Gasteiger partial charge in [-0.15, -0.1) is 0 Å². The lowest BCUT2D eigenvalue weighted by molar-refractivity contribution is -0.156. The molecule has 6 nitrogen and oxygen atoms in total. The van der Waals surface area contributed by atoms with E-state index in [1.165, 1.54) is 5.56 Å². The Balaban J connectivity index is 1.47. The van der Waals surface area contributed by atoms with Crippen molar-refractivity contribution in [3.63, 3.8) is 0 Å². The van der Waals surface area contributed by atoms with Crippen LogP contribution in [0.4, 0.5) is 0 Å². The van der Waals surface area contributed by atoms with Crippen LogP contribution < -0.4 is 5.73 Å². The van der Waals surface area contributed by atoms with Crippen LogP contribution in [-0.4, -0.2) is 32.1 Å². The second-order valence-electron chi connectivity index (χ2n) is 7.87. The number of carbonyl (C=O) groups is 1. The second kappa shape index (κ2) is 9.89. The number of hydrogen-bond acceptors (Lipinski definition) is 5. The largest absolute Gasteiger partial charge is 0.462 e. The summed E-state index contributed by atoms with van der Waals surface area (Å²) in [5.74, 6) is -0.477. The van der Waals surface area contributed by atoms with Crippen LogP contribution in [0.1, 0.15) is 43.2 Å². The maximum atomic E-state index is 12.6. The van der Waals surface area contributed by atoms with Gasteiger partial charge in [0.05, 0.1) is 10.6 Å². The summed E-state index contributed by atoms with van der Waals surface area (Å²) in [4.78, 5) is 12.3. The number of sulfone groups is 1. The summed E-state index contributed by atoms with van der Waals surface area (Å²) in [6.07, 6.45) is 3.99. The summed E-state index contributed by atoms with van der Waals surface area (Å²) in [5.41, 5.74) is 7.35. The van der Waals surface area contributed by atoms with Crippen molar-refractivity contribution in [1.29, 1.82) is 5.41 Å². The third-order valence-electron chi connectivity index (χ3n) is 5.41. The number of aryl methyl sites for hydroxylation is 1. The predicted molar refractivity (Wildman–Crippen MR) is 116 cm³/mol. The van der Waals surface area contributed by atoms with Crippen molar-refractivity contribution in [3.8, 4) is 0 Å². The molecule has 0 aliphatic carbocycles. The molecule has 30 heavy (non-hydrogen) atoms. The highest BCUT2D eigenvalue weighted by atomic mass is 32.2. The molecule has 3 N–H and O–H groups in total. The van der Waals surface area contributed by atoms with E-state index in [-0.39, 0.29) is 36.0 Å². The number of hydrogen-bond donors (Lipinski definition) is 2. The summed E-state index contributed by atoms with van der Waals surface area (Å²) in [5, 5.41) is 7.42. The van der Waals surface area contributed by atoms with E-state index in [4.69, 9.17) is 15.9 Å². The Morgan fingerprint density at radius 2 is 1.77 bits per heavy atom. The van der Waals surface area contributed by atoms with Crippen molar-refractivity contribution in [2.75, 3.05) is 5.75 Å². The molecular formula is C23H28N2O4S. The second-order valence-corrected chi connectivity index (χ2v) is 9.90. The smallest absolute Gasteiger partial charge is 0.306 e. The molecule has 2 aromatic carbocycles. The third kappa shape index (κ3) is 6.16. The van der Waals surface area contributed by atoms with Gasteiger partial charge in [-0.25, -0.2) is 8.42 Å². The van der Waals surface area contributed by atoms with E-state index in [0.29, 0.717) is 16.9 Å². The lowest BCUT2D eigenvalue weighted by Crippen LogP contribution is -2.33. The number of benzene rings is 2. The molecule has 1 fully saturated rings. The number of ether oxygens (including phenoxy) is 1. The fraction of sp³-hybridized carbons (Fsp3) is 0.391. The van der Waals surface area contributed by atoms with Crippen LogP contribution in [0, 0.1) is 11.3 Å². The van der Waals surface area contributed by atoms with E-state index in [0.717, 1.165) is 25.7 Å². The molecule has 2 aromatic rings. The number of rotatable bonds is 9. The van der Waals surface area contributed by atoms with Crippen molar-refractivity contribution in [2.24, 2.45) is 11.7 Å². The van der Waals surface area contributed by atoms with E-state index in [2.05, 4.69) is 0 Å². The maximum Gasteiger partial charge on any atom is 0.306 e. The molecule has 7 heteroatoms. The average Bonchev–Trinajstić information content (AvgIpc) is 2.71. The van der Waals surface area contributed by atoms with Gasteiger partial charge in [-0.2, -0.15) is 0 Å². The SMILES string of the molecule is N=C(N)c1ccc(CCCC[C@@H]2C[C@H](CS(=O)(=O)c3ccccc3)CC(=O)O2)cc1. The first-order chi connectivity index (χ1) is 14.3. The molecule has 1 heterocycles. The molecule has 0 unspecified atom stereocenters. The summed E-state index contributed by atoms with van der Waals surface area (Å²) < 4.78 is 30.7. The van der Waals surface area contributed by atoms with Crippen LogP contribution in [0.2, 0.25) is 0 Å². The van der Waals surface area contributed by atoms with E-state index >= 15 is 0 Å². The standard InChI is InChI=1S/C23H28N2O4S/c24-23(25)19-12-10-17(11-13-19)6-4-5-7-20-14-18(15-22(26)29-20)16-30(27,28)21-8-2-1-3-9-21/h1-3,8-13,18,20H,4-7,14-16H2,(H3,24,25)/t18-,20+/m0/s1. The highest BCUT2D eigenvalue weighted by Gasteiger charge is 2.32. The lowest BCUT2D eigenvalue weighted by atomic mass is 9.93. The average molecular weight is 429 g/mol. The fourth-order valence-electron chi connectivity index (χ4n) is 3.86. The van der Waals surface area contributed by atoms with Crippen LogP contribution in [0.15, 0.2) is 59.5 Å². The molecule has 0 saturated carbocycles. The summed E-state index contributed by atoms with van der Waals surface area (Å²) in [6, 6.07) is 16.0. The van der Waals surface area contributed by atoms with Crippen LogP contribution in [0.3, 0.4) is 0 Å². The van der Waals surface area contributed by atoms with Gasteiger partial charge in [0.25, 0.3) is 0 Å². The van der Waals surface area contributed by atoms with E-state index in [1.54, 1.807) is 30.3 Å². The summed E-state index contributed by atoms with van der Waals surface area (Å²) >= 11 is 0. The van der Waals surface area contributed by atoms with E-state index in [9.17, 15) is 13.2 Å². The van der Waals surface area contributed by atoms with Gasteiger partial charge in [-0.1, -0.05) is 42.5 Å². The Morgan fingerprint density at radius 3 is 2.43 bits per heavy atom. The van der Waals surface area contributed by atoms with E-state index in [1.807, 2.05) is 24.3 Å². The minimum atomic E-state index is -3.41. The molecule has 1 aliphatic rings. The number of nitrogen functional groups attached to an aromatic ring is 1. The molecule has 0 aromatic heterocycles. The zero-order valence-electron chi connectivity index (χ0n) is 16.9. The Bertz CT molecular complexity index is 972. The minimum absolute atomic E-state index is 0.0227. The van der Waals surface area contributed by atoms with Gasteiger partial charge >= 0.3 is 5.97 Å². The maximum absolute atomic E-state index is 12.6. The van der Waals surface area contributed by atoms with Crippen LogP contribution in [0.25, 0.3) is 0 Å². The van der Waals surface area contributed by atoms with Crippen LogP contribution in [-0.2, 0) is 25.8 Å². The number of nitrogens with one attached hydrogen (secondary N) is 1. The first kappa shape index (κ1) is 22.0. The van der Waals surface area contributed by atoms with Gasteiger partial charge in [-0.05, 0) is 55.7 Å². The van der Waals surface area contributed by atoms with E-state index < -0.39 is 9.84 Å². The molecule has 0 bridgehead atoms. The van der Waals surface area contributed by atoms with Gasteiger partial charge < -0.3 is 10.5 Å². The molecule has 0 spiro atoms. The number of carbonyl (C=O) groups excluding carboxylic acids is 1. The van der Waals surface area contributed by atoms with Crippen molar-refractivity contribution < 1.29 is 17.9 Å². The van der Waals surface area contributed by atoms with Crippen molar-refractivity contribution in [2.45, 2.75) is 49.5 Å². The van der Waals surface area contributed by atoms with Crippen molar-refractivity contribution >= 4 is 21.6 Å². The van der Waals surface area contributed by atoms with Crippen LogP contribution in [0.5, 0.6) is 0 Å². The minimum Gasteiger partial charge on any atom is -0.462 e. The highest BCUT2D eigenvalue weighted by Crippen LogP contribution is 2.28. The third-order valence-corrected chi connectivity index (χ3v) is 7.31. The van der Waals surface area contributed by atoms with Gasteiger partial charge in [0.15, 0.2) is 9.84 Å². The summed E-state index contributed by atoms with van der Waals surface area (Å²) in [6.45, 7) is 0. The molecule has 0 amide bonds. The number of nitrogens with two attached hydrogens (primary N) is 1. The fourth-order valence-corrected chi connectivity index (χ4v) is 5.50. The quantitative estimate of drug-likeness (QED) is 0.275. The first-order valence-corrected chi connectivity index (χ1v) is 11.9. The Hall–Kier alpha value is -2.67. The Labute approximate surface area is 177 Å². The Kier molecular flexibility index (Phi) is 7.26. The van der Waals surface area contributed by atoms with Crippen molar-refractivity contribution in [3.05, 3.63) is 65.7 Å². The molecule has 1 aliphatic heterocycles. The lowest BCUT2D eigenvalue weighted by Gasteiger charge is -2.28. The predicted octanol–water partition coefficient (Wildman–Crippen LogP) is 3.48. The zero-order chi connectivity index (χ0) is 21.6. The molecule has 3 rings (SSSR count). The molecule has 2 atom stereocenters. The number of esters is 1. The number of cyclic esters (lactones) is 1. The number of amidine groups is 1. The van der Waals surface area contributed by atoms with Crippen LogP contribution >= 0.6 is 0 Å². The molecule has 0 radical (unpaired) electrons. The Morgan fingerprint density at radius 1 is 1.07 bits per heavy atom. The monoisotopic (exact) mass is 428 g/mol. The summed E-state index contributed by atoms with van der Waals surface area (Å²) in [7, 11) is -3.41. The molecular weight excluding hydrogens is 400 g/mol. The van der Waals surface area contributed by atoms with Gasteiger partial charge in [-0.3, -0.25) is 10.2 Å². The first-order valence-electron chi connectivity index (χ1n) is 10.2. The van der Waals surface area contributed by atoms with Gasteiger partial charge in [0.2, 0.25) is 0 Å². The van der Waals surface area contributed by atoms with Gasteiger partial charge in [0.1, 0.15) is 11.9 Å². The van der Waals surface area contributed by atoms with Gasteiger partial charge in [0, 0.05) is 12.0 Å². The molecule has 1 saturated heterocycles.